The van der Waals surface area contributed by atoms with E-state index >= 15 is 0 Å². The van der Waals surface area contributed by atoms with E-state index in [-0.39, 0.29) is 0 Å². The molecular formula is C21H17F3N6O2. The molecule has 4 aromatic rings. The number of aromatic nitrogens is 5. The minimum Gasteiger partial charge on any atom is -0.436 e. The van der Waals surface area contributed by atoms with Crippen LogP contribution in [0.25, 0.3) is 5.69 Å². The number of nitrogens with zero attached hydrogens (tertiary/aromatic N) is 5. The molecular weight excluding hydrogens is 425 g/mol. The van der Waals surface area contributed by atoms with Gasteiger partial charge in [0.15, 0.2) is 5.69 Å². The number of benzene rings is 1. The molecule has 1 aromatic carbocycles. The van der Waals surface area contributed by atoms with Gasteiger partial charge in [0.05, 0.1) is 17.6 Å². The van der Waals surface area contributed by atoms with E-state index in [1.807, 2.05) is 0 Å². The molecule has 0 saturated carbocycles. The maximum absolute atomic E-state index is 12.8. The molecule has 0 aliphatic carbocycles. The van der Waals surface area contributed by atoms with Crippen LogP contribution in [-0.2, 0) is 13.2 Å². The second kappa shape index (κ2) is 8.17. The summed E-state index contributed by atoms with van der Waals surface area (Å²) < 4.78 is 46.7. The van der Waals surface area contributed by atoms with E-state index in [1.165, 1.54) is 41.3 Å². The molecule has 0 unspecified atom stereocenters. The maximum atomic E-state index is 12.8. The van der Waals surface area contributed by atoms with Crippen molar-refractivity contribution in [2.24, 2.45) is 7.05 Å². The third kappa shape index (κ3) is 4.31. The summed E-state index contributed by atoms with van der Waals surface area (Å²) in [6.07, 6.45) is -0.172. The largest absolute Gasteiger partial charge is 0.436 e. The van der Waals surface area contributed by atoms with Gasteiger partial charge in [-0.2, -0.15) is 23.4 Å². The first-order chi connectivity index (χ1) is 15.2. The van der Waals surface area contributed by atoms with Crippen molar-refractivity contribution < 1.29 is 22.7 Å². The third-order valence-corrected chi connectivity index (χ3v) is 4.53. The molecule has 4 rings (SSSR count). The fourth-order valence-corrected chi connectivity index (χ4v) is 2.99. The number of ether oxygens (including phenoxy) is 1. The lowest BCUT2D eigenvalue weighted by atomic mass is 10.2. The summed E-state index contributed by atoms with van der Waals surface area (Å²) in [5, 5.41) is 10.6. The number of carbonyl (C=O) groups excluding carboxylic acids is 1. The summed E-state index contributed by atoms with van der Waals surface area (Å²) in [4.78, 5) is 16.8. The number of anilines is 1. The predicted octanol–water partition coefficient (Wildman–Crippen LogP) is 4.37. The van der Waals surface area contributed by atoms with Crippen LogP contribution in [0.1, 0.15) is 21.7 Å². The van der Waals surface area contributed by atoms with Crippen molar-refractivity contribution >= 4 is 11.6 Å². The lowest BCUT2D eigenvalue weighted by Gasteiger charge is -2.10. The number of alkyl halides is 3. The average molecular weight is 442 g/mol. The number of hydrogen-bond donors (Lipinski definition) is 1. The standard InChI is InChI=1S/C21H17F3N6O2/c1-13-18(20(29(2)27-13)32-16-4-3-10-25-12-16)26-19(31)14-5-7-15(8-6-14)30-11-9-17(28-30)21(22,23)24/h3-12H,1-2H3,(H,26,31). The third-order valence-electron chi connectivity index (χ3n) is 4.53. The summed E-state index contributed by atoms with van der Waals surface area (Å²) in [7, 11) is 1.68. The van der Waals surface area contributed by atoms with E-state index in [0.29, 0.717) is 34.3 Å². The number of amides is 1. The molecule has 0 fully saturated rings. The molecule has 0 radical (unpaired) electrons. The monoisotopic (exact) mass is 442 g/mol. The Morgan fingerprint density at radius 2 is 1.84 bits per heavy atom. The van der Waals surface area contributed by atoms with Crippen LogP contribution >= 0.6 is 0 Å². The van der Waals surface area contributed by atoms with E-state index in [4.69, 9.17) is 4.74 Å². The van der Waals surface area contributed by atoms with Gasteiger partial charge in [-0.3, -0.25) is 9.78 Å². The Balaban J connectivity index is 1.53. The smallest absolute Gasteiger partial charge is 0.435 e. The van der Waals surface area contributed by atoms with Gasteiger partial charge in [-0.05, 0) is 49.4 Å². The van der Waals surface area contributed by atoms with E-state index < -0.39 is 17.8 Å². The first kappa shape index (κ1) is 21.1. The van der Waals surface area contributed by atoms with Crippen LogP contribution in [0.5, 0.6) is 11.6 Å². The van der Waals surface area contributed by atoms with E-state index in [1.54, 1.807) is 32.3 Å². The number of aryl methyl sites for hydroxylation is 2. The van der Waals surface area contributed by atoms with Gasteiger partial charge in [-0.1, -0.05) is 0 Å². The molecule has 8 nitrogen and oxygen atoms in total. The normalized spacial score (nSPS) is 11.4. The van der Waals surface area contributed by atoms with Gasteiger partial charge in [-0.25, -0.2) is 9.36 Å². The van der Waals surface area contributed by atoms with Gasteiger partial charge < -0.3 is 10.1 Å². The second-order valence-corrected chi connectivity index (χ2v) is 6.82. The van der Waals surface area contributed by atoms with Crippen LogP contribution in [0.2, 0.25) is 0 Å². The number of hydrogen-bond acceptors (Lipinski definition) is 5. The van der Waals surface area contributed by atoms with Crippen LogP contribution < -0.4 is 10.1 Å². The fourth-order valence-electron chi connectivity index (χ4n) is 2.99. The van der Waals surface area contributed by atoms with E-state index in [2.05, 4.69) is 20.5 Å². The van der Waals surface area contributed by atoms with Crippen LogP contribution in [0.15, 0.2) is 61.1 Å². The Labute approximate surface area is 180 Å². The molecule has 11 heteroatoms. The highest BCUT2D eigenvalue weighted by Crippen LogP contribution is 2.32. The highest BCUT2D eigenvalue weighted by atomic mass is 19.4. The predicted molar refractivity (Wildman–Crippen MR) is 109 cm³/mol. The number of carbonyl (C=O) groups is 1. The first-order valence-electron chi connectivity index (χ1n) is 9.38. The summed E-state index contributed by atoms with van der Waals surface area (Å²) >= 11 is 0. The molecule has 3 heterocycles. The van der Waals surface area contributed by atoms with Gasteiger partial charge in [-0.15, -0.1) is 0 Å². The topological polar surface area (TPSA) is 86.9 Å². The lowest BCUT2D eigenvalue weighted by molar-refractivity contribution is -0.141. The van der Waals surface area contributed by atoms with Crippen molar-refractivity contribution in [3.8, 4) is 17.3 Å². The van der Waals surface area contributed by atoms with Crippen LogP contribution in [0.4, 0.5) is 18.9 Å². The van der Waals surface area contributed by atoms with Crippen molar-refractivity contribution in [3.05, 3.63) is 78.0 Å². The zero-order valence-corrected chi connectivity index (χ0v) is 17.0. The first-order valence-corrected chi connectivity index (χ1v) is 9.38. The van der Waals surface area contributed by atoms with Crippen molar-refractivity contribution in [3.63, 3.8) is 0 Å². The van der Waals surface area contributed by atoms with Gasteiger partial charge in [0.1, 0.15) is 11.4 Å². The van der Waals surface area contributed by atoms with E-state index in [0.717, 1.165) is 10.7 Å². The highest BCUT2D eigenvalue weighted by Gasteiger charge is 2.33. The Morgan fingerprint density at radius 3 is 2.47 bits per heavy atom. The zero-order valence-electron chi connectivity index (χ0n) is 17.0. The molecule has 0 saturated heterocycles. The quantitative estimate of drug-likeness (QED) is 0.496. The molecule has 0 aliphatic rings. The Bertz CT molecular complexity index is 1250. The molecule has 3 aromatic heterocycles. The fraction of sp³-hybridized carbons (Fsp3) is 0.143. The second-order valence-electron chi connectivity index (χ2n) is 6.82. The summed E-state index contributed by atoms with van der Waals surface area (Å²) in [6, 6.07) is 10.3. The van der Waals surface area contributed by atoms with Crippen molar-refractivity contribution in [1.29, 1.82) is 0 Å². The van der Waals surface area contributed by atoms with Crippen LogP contribution in [-0.4, -0.2) is 30.5 Å². The van der Waals surface area contributed by atoms with Crippen LogP contribution in [0.3, 0.4) is 0 Å². The molecule has 164 valence electrons. The summed E-state index contributed by atoms with van der Waals surface area (Å²) in [5.41, 5.74) is 0.634. The number of rotatable bonds is 5. The molecule has 0 spiro atoms. The highest BCUT2D eigenvalue weighted by molar-refractivity contribution is 6.05. The van der Waals surface area contributed by atoms with Gasteiger partial charge in [0.25, 0.3) is 5.91 Å². The SMILES string of the molecule is Cc1nn(C)c(Oc2cccnc2)c1NC(=O)c1ccc(-n2ccc(C(F)(F)F)n2)cc1. The minimum atomic E-state index is -4.53. The van der Waals surface area contributed by atoms with Gasteiger partial charge in [0.2, 0.25) is 5.88 Å². The molecule has 1 amide bonds. The van der Waals surface area contributed by atoms with Crippen molar-refractivity contribution in [1.82, 2.24) is 24.5 Å². The molecule has 0 atom stereocenters. The number of halogens is 3. The Kier molecular flexibility index (Phi) is 5.39. The molecule has 0 bridgehead atoms. The average Bonchev–Trinajstić information content (AvgIpc) is 3.36. The minimum absolute atomic E-state index is 0.299. The molecule has 1 N–H and O–H groups in total. The summed E-state index contributed by atoms with van der Waals surface area (Å²) in [6.45, 7) is 1.73. The summed E-state index contributed by atoms with van der Waals surface area (Å²) in [5.74, 6) is 0.379. The zero-order chi connectivity index (χ0) is 22.9. The van der Waals surface area contributed by atoms with Gasteiger partial charge >= 0.3 is 6.18 Å². The number of nitrogens with one attached hydrogen (secondary N) is 1. The van der Waals surface area contributed by atoms with Crippen molar-refractivity contribution in [2.75, 3.05) is 5.32 Å². The van der Waals surface area contributed by atoms with Gasteiger partial charge in [0, 0.05) is 25.0 Å². The Hall–Kier alpha value is -4.15. The van der Waals surface area contributed by atoms with Crippen molar-refractivity contribution in [2.45, 2.75) is 13.1 Å². The van der Waals surface area contributed by atoms with Crippen LogP contribution in [0, 0.1) is 6.92 Å². The van der Waals surface area contributed by atoms with E-state index in [9.17, 15) is 18.0 Å². The molecule has 0 aliphatic heterocycles. The molecule has 32 heavy (non-hydrogen) atoms. The Morgan fingerprint density at radius 1 is 1.09 bits per heavy atom. The maximum Gasteiger partial charge on any atom is 0.435 e. The number of pyridine rings is 1. The lowest BCUT2D eigenvalue weighted by Crippen LogP contribution is -2.13.